The van der Waals surface area contributed by atoms with Gasteiger partial charge in [0.05, 0.1) is 12.6 Å². The van der Waals surface area contributed by atoms with Gasteiger partial charge in [-0.25, -0.2) is 0 Å². The molecule has 4 heteroatoms. The van der Waals surface area contributed by atoms with Gasteiger partial charge in [-0.05, 0) is 34.6 Å². The van der Waals surface area contributed by atoms with Gasteiger partial charge in [0, 0.05) is 13.2 Å². The summed E-state index contributed by atoms with van der Waals surface area (Å²) >= 11 is 0. The number of nitrogens with one attached hydrogen (secondary N) is 1. The van der Waals surface area contributed by atoms with Crippen molar-refractivity contribution in [3.63, 3.8) is 0 Å². The van der Waals surface area contributed by atoms with E-state index in [2.05, 4.69) is 5.32 Å². The van der Waals surface area contributed by atoms with E-state index in [0.29, 0.717) is 0 Å². The monoisotopic (exact) mass is 217 g/mol. The van der Waals surface area contributed by atoms with Crippen molar-refractivity contribution in [2.45, 2.75) is 52.4 Å². The van der Waals surface area contributed by atoms with Crippen LogP contribution in [0.15, 0.2) is 0 Å². The SMILES string of the molecule is COC(C)C(C)NCC(=O)OC(C)(C)C. The molecule has 0 aliphatic heterocycles. The number of carbonyl (C=O) groups is 1. The Morgan fingerprint density at radius 3 is 2.27 bits per heavy atom. The van der Waals surface area contributed by atoms with Crippen LogP contribution in [0.2, 0.25) is 0 Å². The second-order valence-electron chi connectivity index (χ2n) is 4.70. The number of rotatable bonds is 5. The fourth-order valence-corrected chi connectivity index (χ4v) is 0.992. The molecule has 0 rings (SSSR count). The normalized spacial score (nSPS) is 15.9. The zero-order valence-corrected chi connectivity index (χ0v) is 10.6. The van der Waals surface area contributed by atoms with Crippen molar-refractivity contribution in [3.8, 4) is 0 Å². The summed E-state index contributed by atoms with van der Waals surface area (Å²) in [5.74, 6) is -0.238. The van der Waals surface area contributed by atoms with Crippen LogP contribution >= 0.6 is 0 Å². The smallest absolute Gasteiger partial charge is 0.320 e. The molecule has 0 aromatic rings. The second-order valence-corrected chi connectivity index (χ2v) is 4.70. The van der Waals surface area contributed by atoms with Crippen LogP contribution in [0.5, 0.6) is 0 Å². The summed E-state index contributed by atoms with van der Waals surface area (Å²) in [5, 5.41) is 3.06. The summed E-state index contributed by atoms with van der Waals surface area (Å²) in [7, 11) is 1.65. The third kappa shape index (κ3) is 7.33. The number of esters is 1. The van der Waals surface area contributed by atoms with Gasteiger partial charge in [-0.3, -0.25) is 4.79 Å². The van der Waals surface area contributed by atoms with E-state index in [-0.39, 0.29) is 24.7 Å². The lowest BCUT2D eigenvalue weighted by Crippen LogP contribution is -2.41. The lowest BCUT2D eigenvalue weighted by molar-refractivity contribution is -0.153. The van der Waals surface area contributed by atoms with Gasteiger partial charge < -0.3 is 14.8 Å². The van der Waals surface area contributed by atoms with Crippen molar-refractivity contribution >= 4 is 5.97 Å². The highest BCUT2D eigenvalue weighted by molar-refractivity contribution is 5.72. The Balaban J connectivity index is 3.81. The predicted molar refractivity (Wildman–Crippen MR) is 59.8 cm³/mol. The first-order valence-electron chi connectivity index (χ1n) is 5.24. The lowest BCUT2D eigenvalue weighted by Gasteiger charge is -2.22. The molecule has 0 aliphatic rings. The molecule has 0 fully saturated rings. The van der Waals surface area contributed by atoms with Gasteiger partial charge in [0.25, 0.3) is 0 Å². The molecular formula is C11H23NO3. The molecule has 0 radical (unpaired) electrons. The highest BCUT2D eigenvalue weighted by atomic mass is 16.6. The minimum atomic E-state index is -0.422. The fourth-order valence-electron chi connectivity index (χ4n) is 0.992. The van der Waals surface area contributed by atoms with Gasteiger partial charge in [0.1, 0.15) is 5.60 Å². The van der Waals surface area contributed by atoms with E-state index in [1.807, 2.05) is 34.6 Å². The first-order valence-corrected chi connectivity index (χ1v) is 5.24. The zero-order valence-electron chi connectivity index (χ0n) is 10.6. The van der Waals surface area contributed by atoms with Crippen molar-refractivity contribution in [1.29, 1.82) is 0 Å². The van der Waals surface area contributed by atoms with E-state index in [4.69, 9.17) is 9.47 Å². The van der Waals surface area contributed by atoms with Crippen LogP contribution in [0.4, 0.5) is 0 Å². The standard InChI is InChI=1S/C11H23NO3/c1-8(9(2)14-6)12-7-10(13)15-11(3,4)5/h8-9,12H,7H2,1-6H3. The van der Waals surface area contributed by atoms with E-state index < -0.39 is 5.60 Å². The lowest BCUT2D eigenvalue weighted by atomic mass is 10.2. The molecule has 0 heterocycles. The molecule has 0 aromatic carbocycles. The van der Waals surface area contributed by atoms with Gasteiger partial charge in [-0.15, -0.1) is 0 Å². The van der Waals surface area contributed by atoms with Crippen LogP contribution < -0.4 is 5.32 Å². The first-order chi connectivity index (χ1) is 6.76. The molecule has 0 amide bonds. The van der Waals surface area contributed by atoms with Crippen molar-refractivity contribution in [2.75, 3.05) is 13.7 Å². The predicted octanol–water partition coefficient (Wildman–Crippen LogP) is 1.34. The van der Waals surface area contributed by atoms with Crippen molar-refractivity contribution < 1.29 is 14.3 Å². The average molecular weight is 217 g/mol. The highest BCUT2D eigenvalue weighted by Crippen LogP contribution is 2.06. The van der Waals surface area contributed by atoms with E-state index in [0.717, 1.165) is 0 Å². The number of hydrogen-bond acceptors (Lipinski definition) is 4. The Bertz CT molecular complexity index is 198. The van der Waals surface area contributed by atoms with E-state index >= 15 is 0 Å². The minimum absolute atomic E-state index is 0.0763. The van der Waals surface area contributed by atoms with Crippen LogP contribution in [0.3, 0.4) is 0 Å². The van der Waals surface area contributed by atoms with Gasteiger partial charge in [-0.1, -0.05) is 0 Å². The van der Waals surface area contributed by atoms with Crippen molar-refractivity contribution in [2.24, 2.45) is 0 Å². The van der Waals surface area contributed by atoms with Crippen LogP contribution in [0.1, 0.15) is 34.6 Å². The second kappa shape index (κ2) is 6.08. The Kier molecular flexibility index (Phi) is 5.83. The Morgan fingerprint density at radius 1 is 1.33 bits per heavy atom. The van der Waals surface area contributed by atoms with E-state index in [9.17, 15) is 4.79 Å². The molecule has 0 bridgehead atoms. The minimum Gasteiger partial charge on any atom is -0.459 e. The van der Waals surface area contributed by atoms with Gasteiger partial charge in [0.2, 0.25) is 0 Å². The molecule has 1 N–H and O–H groups in total. The molecule has 4 nitrogen and oxygen atoms in total. The van der Waals surface area contributed by atoms with Crippen molar-refractivity contribution in [3.05, 3.63) is 0 Å². The quantitative estimate of drug-likeness (QED) is 0.706. The average Bonchev–Trinajstić information content (AvgIpc) is 2.10. The maximum atomic E-state index is 11.3. The summed E-state index contributed by atoms with van der Waals surface area (Å²) in [6.07, 6.45) is 0.0763. The number of methoxy groups -OCH3 is 1. The number of hydrogen-bond donors (Lipinski definition) is 1. The molecule has 0 saturated carbocycles. The molecule has 0 aromatic heterocycles. The highest BCUT2D eigenvalue weighted by Gasteiger charge is 2.17. The van der Waals surface area contributed by atoms with Crippen LogP contribution in [0, 0.1) is 0 Å². The van der Waals surface area contributed by atoms with Crippen LogP contribution in [-0.2, 0) is 14.3 Å². The zero-order chi connectivity index (χ0) is 12.1. The molecule has 0 saturated heterocycles. The summed E-state index contributed by atoms with van der Waals surface area (Å²) in [6, 6.07) is 0.127. The molecule has 0 spiro atoms. The van der Waals surface area contributed by atoms with E-state index in [1.54, 1.807) is 7.11 Å². The maximum Gasteiger partial charge on any atom is 0.320 e. The number of carbonyl (C=O) groups excluding carboxylic acids is 1. The summed E-state index contributed by atoms with van der Waals surface area (Å²) in [4.78, 5) is 11.3. The Labute approximate surface area is 92.3 Å². The summed E-state index contributed by atoms with van der Waals surface area (Å²) in [6.45, 7) is 9.70. The number of ether oxygens (including phenoxy) is 2. The van der Waals surface area contributed by atoms with E-state index in [1.165, 1.54) is 0 Å². The third-order valence-corrected chi connectivity index (χ3v) is 2.06. The molecule has 15 heavy (non-hydrogen) atoms. The van der Waals surface area contributed by atoms with Gasteiger partial charge in [0.15, 0.2) is 0 Å². The topological polar surface area (TPSA) is 47.6 Å². The van der Waals surface area contributed by atoms with Crippen molar-refractivity contribution in [1.82, 2.24) is 5.32 Å². The van der Waals surface area contributed by atoms with Gasteiger partial charge in [-0.2, -0.15) is 0 Å². The van der Waals surface area contributed by atoms with Crippen LogP contribution in [-0.4, -0.2) is 37.4 Å². The van der Waals surface area contributed by atoms with Crippen LogP contribution in [0.25, 0.3) is 0 Å². The fraction of sp³-hybridized carbons (Fsp3) is 0.909. The summed E-state index contributed by atoms with van der Waals surface area (Å²) < 4.78 is 10.3. The molecule has 90 valence electrons. The molecule has 2 unspecified atom stereocenters. The van der Waals surface area contributed by atoms with Gasteiger partial charge >= 0.3 is 5.97 Å². The summed E-state index contributed by atoms with van der Waals surface area (Å²) in [5.41, 5.74) is -0.422. The molecule has 0 aliphatic carbocycles. The largest absolute Gasteiger partial charge is 0.459 e. The Hall–Kier alpha value is -0.610. The molecule has 2 atom stereocenters. The molecular weight excluding hydrogens is 194 g/mol. The Morgan fingerprint density at radius 2 is 1.87 bits per heavy atom. The first kappa shape index (κ1) is 14.4. The third-order valence-electron chi connectivity index (χ3n) is 2.06. The maximum absolute atomic E-state index is 11.3.